The molecule has 0 N–H and O–H groups in total. The van der Waals surface area contributed by atoms with Crippen molar-refractivity contribution in [3.63, 3.8) is 0 Å². The Morgan fingerprint density at radius 2 is 0.852 bits per heavy atom. The first kappa shape index (κ1) is 33.2. The molecule has 2 nitrogen and oxygen atoms in total. The molecule has 0 saturated heterocycles. The van der Waals surface area contributed by atoms with E-state index < -0.39 is 0 Å². The van der Waals surface area contributed by atoms with E-state index in [0.29, 0.717) is 5.92 Å². The van der Waals surface area contributed by atoms with Gasteiger partial charge in [0, 0.05) is 22.6 Å². The lowest BCUT2D eigenvalue weighted by Gasteiger charge is -2.18. The molecular formula is C52H40N2. The minimum atomic E-state index is 0.491. The van der Waals surface area contributed by atoms with Crippen molar-refractivity contribution in [3.8, 4) is 78.4 Å². The fourth-order valence-electron chi connectivity index (χ4n) is 7.81. The smallest absolute Gasteiger partial charge is 0.160 e. The Hall–Kier alpha value is -6.64. The van der Waals surface area contributed by atoms with E-state index in [1.54, 1.807) is 0 Å². The van der Waals surface area contributed by atoms with E-state index in [-0.39, 0.29) is 0 Å². The second kappa shape index (κ2) is 15.1. The number of nitrogens with zero attached hydrogens (tertiary/aromatic N) is 2. The summed E-state index contributed by atoms with van der Waals surface area (Å²) in [7, 11) is 0. The van der Waals surface area contributed by atoms with E-state index >= 15 is 0 Å². The van der Waals surface area contributed by atoms with Gasteiger partial charge in [0.2, 0.25) is 0 Å². The number of allylic oxidation sites excluding steroid dienone is 2. The molecule has 1 heterocycles. The molecule has 258 valence electrons. The Bertz CT molecular complexity index is 2570. The van der Waals surface area contributed by atoms with Gasteiger partial charge in [-0.2, -0.15) is 0 Å². The molecule has 7 aromatic carbocycles. The predicted octanol–water partition coefficient (Wildman–Crippen LogP) is 14.0. The van der Waals surface area contributed by atoms with Crippen molar-refractivity contribution in [1.29, 1.82) is 0 Å². The van der Waals surface area contributed by atoms with Crippen LogP contribution in [0.1, 0.15) is 30.7 Å². The molecule has 1 atom stereocenters. The minimum Gasteiger partial charge on any atom is -0.228 e. The lowest BCUT2D eigenvalue weighted by atomic mass is 9.86. The second-order valence-electron chi connectivity index (χ2n) is 14.0. The molecule has 9 rings (SSSR count). The van der Waals surface area contributed by atoms with Gasteiger partial charge in [-0.1, -0.05) is 188 Å². The molecule has 1 aromatic heterocycles. The summed E-state index contributed by atoms with van der Waals surface area (Å²) in [4.78, 5) is 10.3. The van der Waals surface area contributed by atoms with Gasteiger partial charge in [-0.3, -0.25) is 0 Å². The Morgan fingerprint density at radius 3 is 1.44 bits per heavy atom. The van der Waals surface area contributed by atoms with E-state index in [2.05, 4.69) is 182 Å². The van der Waals surface area contributed by atoms with Gasteiger partial charge in [0.05, 0.1) is 11.4 Å². The molecule has 0 saturated carbocycles. The number of aromatic nitrogens is 2. The Balaban J connectivity index is 1.13. The molecule has 0 amide bonds. The van der Waals surface area contributed by atoms with E-state index in [4.69, 9.17) is 9.97 Å². The van der Waals surface area contributed by atoms with E-state index in [9.17, 15) is 0 Å². The summed E-state index contributed by atoms with van der Waals surface area (Å²) in [5, 5.41) is 0. The lowest BCUT2D eigenvalue weighted by Crippen LogP contribution is -1.99. The zero-order valence-electron chi connectivity index (χ0n) is 30.1. The van der Waals surface area contributed by atoms with Crippen LogP contribution in [-0.4, -0.2) is 9.97 Å². The Morgan fingerprint density at radius 1 is 0.370 bits per heavy atom. The normalized spacial score (nSPS) is 13.8. The van der Waals surface area contributed by atoms with Gasteiger partial charge in [0.15, 0.2) is 5.82 Å². The van der Waals surface area contributed by atoms with Crippen LogP contribution in [0.4, 0.5) is 0 Å². The van der Waals surface area contributed by atoms with Crippen LogP contribution in [0.3, 0.4) is 0 Å². The van der Waals surface area contributed by atoms with Crippen molar-refractivity contribution in [2.75, 3.05) is 0 Å². The Labute approximate surface area is 318 Å². The van der Waals surface area contributed by atoms with Crippen molar-refractivity contribution >= 4 is 0 Å². The van der Waals surface area contributed by atoms with Crippen molar-refractivity contribution in [2.45, 2.75) is 25.2 Å². The third kappa shape index (κ3) is 6.83. The van der Waals surface area contributed by atoms with Crippen LogP contribution in [0.2, 0.25) is 0 Å². The monoisotopic (exact) mass is 692 g/mol. The number of benzene rings is 7. The standard InChI is InChI=1S/C52H40N2/c1-4-17-37(18-5-1)38-31-33-40(34-32-38)50-36-51(54-52(53-50)41-21-8-3-9-22-41)43-24-16-23-42(35-43)45-26-11-13-28-47(45)49-30-15-14-29-48(49)46-27-12-10-25-44(46)39-19-6-2-7-20-39/h2-4,6-17,19-37H,1,5,18H2. The molecule has 1 aliphatic rings. The molecule has 1 aliphatic carbocycles. The zero-order chi connectivity index (χ0) is 36.1. The van der Waals surface area contributed by atoms with Gasteiger partial charge in [0.1, 0.15) is 0 Å². The maximum absolute atomic E-state index is 5.18. The average molecular weight is 693 g/mol. The Kier molecular flexibility index (Phi) is 9.32. The predicted molar refractivity (Wildman–Crippen MR) is 226 cm³/mol. The summed E-state index contributed by atoms with van der Waals surface area (Å²) in [6, 6.07) is 67.1. The first-order chi connectivity index (χ1) is 26.8. The fraction of sp³-hybridized carbons (Fsp3) is 0.0769. The van der Waals surface area contributed by atoms with Crippen LogP contribution in [0.5, 0.6) is 0 Å². The van der Waals surface area contributed by atoms with E-state index in [1.807, 2.05) is 18.2 Å². The summed E-state index contributed by atoms with van der Waals surface area (Å²) in [5.74, 6) is 1.21. The highest BCUT2D eigenvalue weighted by molar-refractivity contribution is 5.96. The third-order valence-corrected chi connectivity index (χ3v) is 10.6. The van der Waals surface area contributed by atoms with Crippen LogP contribution in [0.25, 0.3) is 78.4 Å². The highest BCUT2D eigenvalue weighted by Crippen LogP contribution is 2.42. The lowest BCUT2D eigenvalue weighted by molar-refractivity contribution is 0.654. The van der Waals surface area contributed by atoms with Crippen molar-refractivity contribution in [2.24, 2.45) is 0 Å². The summed E-state index contributed by atoms with van der Waals surface area (Å²) in [6.07, 6.45) is 8.32. The third-order valence-electron chi connectivity index (χ3n) is 10.6. The SMILES string of the molecule is C1=CC(c2ccc(-c3cc(-c4cccc(-c5ccccc5-c5ccccc5-c5ccccc5-c5ccccc5)c4)nc(-c4ccccc4)n3)cc2)CCC1. The molecule has 0 radical (unpaired) electrons. The first-order valence-electron chi connectivity index (χ1n) is 18.9. The molecular weight excluding hydrogens is 653 g/mol. The molecule has 2 heteroatoms. The summed E-state index contributed by atoms with van der Waals surface area (Å²) >= 11 is 0. The molecule has 0 bridgehead atoms. The van der Waals surface area contributed by atoms with Gasteiger partial charge in [-0.25, -0.2) is 9.97 Å². The highest BCUT2D eigenvalue weighted by Gasteiger charge is 2.17. The quantitative estimate of drug-likeness (QED) is 0.148. The number of hydrogen-bond donors (Lipinski definition) is 0. The molecule has 0 fully saturated rings. The van der Waals surface area contributed by atoms with Gasteiger partial charge in [0.25, 0.3) is 0 Å². The zero-order valence-corrected chi connectivity index (χ0v) is 30.1. The second-order valence-corrected chi connectivity index (χ2v) is 14.0. The van der Waals surface area contributed by atoms with Crippen LogP contribution in [0.15, 0.2) is 200 Å². The molecule has 0 spiro atoms. The highest BCUT2D eigenvalue weighted by atomic mass is 14.9. The van der Waals surface area contributed by atoms with Gasteiger partial charge in [-0.15, -0.1) is 0 Å². The van der Waals surface area contributed by atoms with E-state index in [1.165, 1.54) is 63.8 Å². The van der Waals surface area contributed by atoms with Crippen LogP contribution >= 0.6 is 0 Å². The topological polar surface area (TPSA) is 25.8 Å². The molecule has 1 unspecified atom stereocenters. The van der Waals surface area contributed by atoms with Gasteiger partial charge in [-0.05, 0) is 81.5 Å². The minimum absolute atomic E-state index is 0.491. The van der Waals surface area contributed by atoms with E-state index in [0.717, 1.165) is 39.5 Å². The van der Waals surface area contributed by atoms with Gasteiger partial charge < -0.3 is 0 Å². The first-order valence-corrected chi connectivity index (χ1v) is 18.9. The van der Waals surface area contributed by atoms with Crippen LogP contribution in [-0.2, 0) is 0 Å². The van der Waals surface area contributed by atoms with Crippen LogP contribution in [0, 0.1) is 0 Å². The summed E-state index contributed by atoms with van der Waals surface area (Å²) in [6.45, 7) is 0. The maximum Gasteiger partial charge on any atom is 0.160 e. The molecule has 0 aliphatic heterocycles. The summed E-state index contributed by atoms with van der Waals surface area (Å²) in [5.41, 5.74) is 15.9. The number of rotatable bonds is 8. The largest absolute Gasteiger partial charge is 0.228 e. The van der Waals surface area contributed by atoms with Crippen molar-refractivity contribution in [3.05, 3.63) is 206 Å². The molecule has 54 heavy (non-hydrogen) atoms. The summed E-state index contributed by atoms with van der Waals surface area (Å²) < 4.78 is 0. The van der Waals surface area contributed by atoms with Crippen LogP contribution < -0.4 is 0 Å². The number of hydrogen-bond acceptors (Lipinski definition) is 2. The van der Waals surface area contributed by atoms with Crippen molar-refractivity contribution in [1.82, 2.24) is 9.97 Å². The van der Waals surface area contributed by atoms with Gasteiger partial charge >= 0.3 is 0 Å². The fourth-order valence-corrected chi connectivity index (χ4v) is 7.81. The average Bonchev–Trinajstić information content (AvgIpc) is 3.27. The van der Waals surface area contributed by atoms with Crippen molar-refractivity contribution < 1.29 is 0 Å². The maximum atomic E-state index is 5.18. The molecule has 8 aromatic rings.